The highest BCUT2D eigenvalue weighted by molar-refractivity contribution is 6.15. The van der Waals surface area contributed by atoms with Crippen LogP contribution in [-0.4, -0.2) is 54.2 Å². The molecule has 1 N–H and O–H groups in total. The zero-order chi connectivity index (χ0) is 18.8. The quantitative estimate of drug-likeness (QED) is 0.723. The van der Waals surface area contributed by atoms with Gasteiger partial charge in [-0.15, -0.1) is 0 Å². The van der Waals surface area contributed by atoms with E-state index in [1.807, 2.05) is 36.4 Å². The minimum absolute atomic E-state index is 0.0285. The minimum atomic E-state index is -0.0722. The van der Waals surface area contributed by atoms with E-state index in [4.69, 9.17) is 4.74 Å². The first-order chi connectivity index (χ1) is 13.1. The number of nitrogens with zero attached hydrogens (tertiary/aromatic N) is 2. The second kappa shape index (κ2) is 7.62. The van der Waals surface area contributed by atoms with Crippen LogP contribution in [0.15, 0.2) is 48.7 Å². The summed E-state index contributed by atoms with van der Waals surface area (Å²) in [5.41, 5.74) is 1.38. The first kappa shape index (κ1) is 17.9. The van der Waals surface area contributed by atoms with Crippen molar-refractivity contribution in [3.63, 3.8) is 0 Å². The topological polar surface area (TPSA) is 54.5 Å². The lowest BCUT2D eigenvalue weighted by Gasteiger charge is -2.35. The predicted octanol–water partition coefficient (Wildman–Crippen LogP) is 3.23. The van der Waals surface area contributed by atoms with E-state index in [-0.39, 0.29) is 18.0 Å². The van der Waals surface area contributed by atoms with E-state index in [1.54, 1.807) is 6.20 Å². The molecule has 5 heteroatoms. The molecule has 1 aliphatic heterocycles. The lowest BCUT2D eigenvalue weighted by Crippen LogP contribution is -2.52. The van der Waals surface area contributed by atoms with Crippen LogP contribution in [0.25, 0.3) is 21.7 Å². The molecular weight excluding hydrogens is 338 g/mol. The van der Waals surface area contributed by atoms with Crippen LogP contribution < -0.4 is 5.32 Å². The maximum atomic E-state index is 13.1. The number of morpholine rings is 1. The summed E-state index contributed by atoms with van der Waals surface area (Å²) in [4.78, 5) is 20.0. The zero-order valence-corrected chi connectivity index (χ0v) is 15.8. The van der Waals surface area contributed by atoms with Gasteiger partial charge in [0.05, 0.1) is 24.3 Å². The van der Waals surface area contributed by atoms with Crippen LogP contribution in [-0.2, 0) is 4.74 Å². The van der Waals surface area contributed by atoms with Gasteiger partial charge < -0.3 is 10.1 Å². The fraction of sp³-hybridized carbons (Fsp3) is 0.364. The number of amides is 1. The fourth-order valence-corrected chi connectivity index (χ4v) is 3.81. The van der Waals surface area contributed by atoms with Crippen molar-refractivity contribution < 1.29 is 9.53 Å². The number of pyridine rings is 1. The van der Waals surface area contributed by atoms with Crippen molar-refractivity contribution in [1.29, 1.82) is 0 Å². The number of rotatable bonds is 4. The van der Waals surface area contributed by atoms with Crippen molar-refractivity contribution in [2.24, 2.45) is 0 Å². The van der Waals surface area contributed by atoms with Gasteiger partial charge in [0.15, 0.2) is 0 Å². The predicted molar refractivity (Wildman–Crippen MR) is 108 cm³/mol. The van der Waals surface area contributed by atoms with Crippen LogP contribution in [0, 0.1) is 0 Å². The number of carbonyl (C=O) groups is 1. The summed E-state index contributed by atoms with van der Waals surface area (Å²) in [7, 11) is 0. The van der Waals surface area contributed by atoms with Gasteiger partial charge in [0.25, 0.3) is 5.91 Å². The van der Waals surface area contributed by atoms with Crippen LogP contribution in [0.2, 0.25) is 0 Å². The minimum Gasteiger partial charge on any atom is -0.379 e. The molecule has 27 heavy (non-hydrogen) atoms. The summed E-state index contributed by atoms with van der Waals surface area (Å²) < 4.78 is 5.43. The highest BCUT2D eigenvalue weighted by Gasteiger charge is 2.24. The van der Waals surface area contributed by atoms with Gasteiger partial charge in [-0.1, -0.05) is 30.3 Å². The van der Waals surface area contributed by atoms with Crippen LogP contribution >= 0.6 is 0 Å². The lowest BCUT2D eigenvalue weighted by atomic mass is 10.00. The van der Waals surface area contributed by atoms with Gasteiger partial charge in [-0.05, 0) is 36.8 Å². The van der Waals surface area contributed by atoms with Gasteiger partial charge in [0.2, 0.25) is 0 Å². The van der Waals surface area contributed by atoms with E-state index >= 15 is 0 Å². The molecule has 1 fully saturated rings. The summed E-state index contributed by atoms with van der Waals surface area (Å²) in [5, 5.41) is 6.37. The standard InChI is InChI=1S/C22H25N3O2/c1-15(16(2)25-10-12-27-13-11-25)24-22(26)20-14-17-6-3-4-7-18(17)19-8-5-9-23-21(19)20/h3-9,14-16H,10-13H2,1-2H3,(H,24,26)/t15-,16-/m0/s1. The number of ether oxygens (including phenoxy) is 1. The summed E-state index contributed by atoms with van der Waals surface area (Å²) >= 11 is 0. The number of carbonyl (C=O) groups excluding carboxylic acids is 1. The van der Waals surface area contributed by atoms with Crippen LogP contribution in [0.1, 0.15) is 24.2 Å². The molecule has 1 aromatic heterocycles. The van der Waals surface area contributed by atoms with Gasteiger partial charge >= 0.3 is 0 Å². The summed E-state index contributed by atoms with van der Waals surface area (Å²) in [6.45, 7) is 7.54. The average molecular weight is 363 g/mol. The molecule has 0 aliphatic carbocycles. The molecule has 0 bridgehead atoms. The molecule has 5 nitrogen and oxygen atoms in total. The summed E-state index contributed by atoms with van der Waals surface area (Å²) in [6.07, 6.45) is 1.74. The number of hydrogen-bond donors (Lipinski definition) is 1. The van der Waals surface area contributed by atoms with Crippen molar-refractivity contribution in [3.8, 4) is 0 Å². The smallest absolute Gasteiger partial charge is 0.253 e. The van der Waals surface area contributed by atoms with E-state index in [0.29, 0.717) is 5.56 Å². The second-order valence-corrected chi connectivity index (χ2v) is 7.20. The van der Waals surface area contributed by atoms with Gasteiger partial charge in [-0.3, -0.25) is 14.7 Å². The van der Waals surface area contributed by atoms with Crippen molar-refractivity contribution in [2.75, 3.05) is 26.3 Å². The molecular formula is C22H25N3O2. The molecule has 0 spiro atoms. The highest BCUT2D eigenvalue weighted by atomic mass is 16.5. The Labute approximate surface area is 159 Å². The lowest BCUT2D eigenvalue weighted by molar-refractivity contribution is 0.0137. The SMILES string of the molecule is C[C@H](NC(=O)c1cc2ccccc2c2cccnc12)[C@H](C)N1CCOCC1. The molecule has 1 amide bonds. The molecule has 2 heterocycles. The third kappa shape index (κ3) is 3.53. The first-order valence-electron chi connectivity index (χ1n) is 9.54. The largest absolute Gasteiger partial charge is 0.379 e. The Morgan fingerprint density at radius 3 is 2.67 bits per heavy atom. The Bertz CT molecular complexity index is 966. The summed E-state index contributed by atoms with van der Waals surface area (Å²) in [5.74, 6) is -0.0722. The second-order valence-electron chi connectivity index (χ2n) is 7.20. The molecule has 1 saturated heterocycles. The third-order valence-electron chi connectivity index (χ3n) is 5.56. The van der Waals surface area contributed by atoms with Crippen molar-refractivity contribution in [1.82, 2.24) is 15.2 Å². The molecule has 4 rings (SSSR count). The van der Waals surface area contributed by atoms with E-state index in [9.17, 15) is 4.79 Å². The number of benzene rings is 2. The Morgan fingerprint density at radius 2 is 1.85 bits per heavy atom. The van der Waals surface area contributed by atoms with Crippen LogP contribution in [0.4, 0.5) is 0 Å². The molecule has 140 valence electrons. The van der Waals surface area contributed by atoms with Crippen molar-refractivity contribution in [2.45, 2.75) is 25.9 Å². The van der Waals surface area contributed by atoms with Crippen molar-refractivity contribution in [3.05, 3.63) is 54.2 Å². The Kier molecular flexibility index (Phi) is 5.05. The van der Waals surface area contributed by atoms with Crippen LogP contribution in [0.5, 0.6) is 0 Å². The van der Waals surface area contributed by atoms with Gasteiger partial charge in [0, 0.05) is 36.8 Å². The highest BCUT2D eigenvalue weighted by Crippen LogP contribution is 2.27. The number of aromatic nitrogens is 1. The first-order valence-corrected chi connectivity index (χ1v) is 9.54. The molecule has 0 saturated carbocycles. The van der Waals surface area contributed by atoms with E-state index in [1.165, 1.54) is 0 Å². The van der Waals surface area contributed by atoms with Crippen LogP contribution in [0.3, 0.4) is 0 Å². The fourth-order valence-electron chi connectivity index (χ4n) is 3.81. The molecule has 0 radical (unpaired) electrons. The van der Waals surface area contributed by atoms with E-state index < -0.39 is 0 Å². The summed E-state index contributed by atoms with van der Waals surface area (Å²) in [6, 6.07) is 14.3. The third-order valence-corrected chi connectivity index (χ3v) is 5.56. The van der Waals surface area contributed by atoms with E-state index in [0.717, 1.165) is 48.0 Å². The number of nitrogens with one attached hydrogen (secondary N) is 1. The Morgan fingerprint density at radius 1 is 1.11 bits per heavy atom. The average Bonchev–Trinajstić information content (AvgIpc) is 2.73. The normalized spacial score (nSPS) is 17.7. The number of hydrogen-bond acceptors (Lipinski definition) is 4. The molecule has 2 aromatic carbocycles. The zero-order valence-electron chi connectivity index (χ0n) is 15.8. The molecule has 2 atom stereocenters. The van der Waals surface area contributed by atoms with Gasteiger partial charge in [-0.2, -0.15) is 0 Å². The molecule has 0 unspecified atom stereocenters. The Hall–Kier alpha value is -2.50. The van der Waals surface area contributed by atoms with Gasteiger partial charge in [-0.25, -0.2) is 0 Å². The molecule has 3 aromatic rings. The monoisotopic (exact) mass is 363 g/mol. The maximum Gasteiger partial charge on any atom is 0.253 e. The van der Waals surface area contributed by atoms with Gasteiger partial charge in [0.1, 0.15) is 0 Å². The number of fused-ring (bicyclic) bond motifs is 3. The Balaban J connectivity index is 1.63. The maximum absolute atomic E-state index is 13.1. The van der Waals surface area contributed by atoms with E-state index in [2.05, 4.69) is 35.1 Å². The molecule has 1 aliphatic rings. The van der Waals surface area contributed by atoms with Crippen molar-refractivity contribution >= 4 is 27.6 Å².